The molecule has 0 aromatic heterocycles. The molecule has 37 heavy (non-hydrogen) atoms. The molecule has 1 saturated heterocycles. The Bertz CT molecular complexity index is 1350. The lowest BCUT2D eigenvalue weighted by Crippen LogP contribution is -2.60. The largest absolute Gasteiger partial charge is 0.573 e. The van der Waals surface area contributed by atoms with Gasteiger partial charge in [0.1, 0.15) is 15.7 Å². The maximum absolute atomic E-state index is 13.7. The summed E-state index contributed by atoms with van der Waals surface area (Å²) in [4.78, 5) is 2.09. The van der Waals surface area contributed by atoms with Crippen molar-refractivity contribution in [1.82, 2.24) is 4.72 Å². The lowest BCUT2D eigenvalue weighted by atomic mass is 9.98. The number of anilines is 2. The van der Waals surface area contributed by atoms with Gasteiger partial charge in [0, 0.05) is 7.05 Å². The standard InChI is InChI=1S/C25H24F3N3O5S/c1-29-37(33,17-12-10-16(11-13-17)36-25(26,27)28)30-18-14-34-15-21(24(18)32)31-19-6-2-4-8-22(19)35-23-9-5-3-7-20(23)31/h2-13,18,21,24,32H,14-15H2,1H3,(H,29,30,33)/t18-,21+,24+,37?/m1/s1. The summed E-state index contributed by atoms with van der Waals surface area (Å²) < 4.78 is 73.9. The van der Waals surface area contributed by atoms with Crippen LogP contribution in [0.2, 0.25) is 0 Å². The molecule has 2 aliphatic rings. The third kappa shape index (κ3) is 5.10. The van der Waals surface area contributed by atoms with Crippen LogP contribution in [0.5, 0.6) is 17.2 Å². The number of fused-ring (bicyclic) bond motifs is 2. The fourth-order valence-electron chi connectivity index (χ4n) is 4.46. The van der Waals surface area contributed by atoms with Crippen molar-refractivity contribution < 1.29 is 36.7 Å². The molecule has 4 atom stereocenters. The van der Waals surface area contributed by atoms with Gasteiger partial charge in [-0.15, -0.1) is 13.2 Å². The van der Waals surface area contributed by atoms with Gasteiger partial charge in [-0.05, 0) is 48.5 Å². The average Bonchev–Trinajstić information content (AvgIpc) is 2.88. The number of hydrogen-bond donors (Lipinski definition) is 2. The summed E-state index contributed by atoms with van der Waals surface area (Å²) in [6, 6.07) is 18.1. The molecule has 0 bridgehead atoms. The molecule has 1 fully saturated rings. The highest BCUT2D eigenvalue weighted by Crippen LogP contribution is 2.48. The normalized spacial score (nSPS) is 22.7. The van der Waals surface area contributed by atoms with E-state index in [0.29, 0.717) is 11.5 Å². The Morgan fingerprint density at radius 1 is 1.00 bits per heavy atom. The molecule has 0 amide bonds. The third-order valence-electron chi connectivity index (χ3n) is 6.14. The number of nitrogens with zero attached hydrogens (tertiary/aromatic N) is 2. The van der Waals surface area contributed by atoms with Crippen molar-refractivity contribution in [3.8, 4) is 17.2 Å². The fraction of sp³-hybridized carbons (Fsp3) is 0.280. The Balaban J connectivity index is 1.42. The molecule has 2 heterocycles. The highest BCUT2D eigenvalue weighted by Gasteiger charge is 2.41. The lowest BCUT2D eigenvalue weighted by Gasteiger charge is -2.44. The zero-order valence-corrected chi connectivity index (χ0v) is 20.4. The summed E-state index contributed by atoms with van der Waals surface area (Å²) in [5, 5.41) is 11.5. The van der Waals surface area contributed by atoms with E-state index in [1.54, 1.807) is 0 Å². The average molecular weight is 536 g/mol. The molecule has 3 aromatic rings. The van der Waals surface area contributed by atoms with Crippen molar-refractivity contribution in [1.29, 1.82) is 0 Å². The number of alkyl halides is 3. The SMILES string of the molecule is CN=S(=O)(N[C@@H]1COC[C@H](N2c3ccccc3Oc3ccccc32)[C@H]1O)c1ccc(OC(F)(F)F)cc1. The minimum atomic E-state index is -4.84. The Labute approximate surface area is 211 Å². The zero-order chi connectivity index (χ0) is 26.2. The monoisotopic (exact) mass is 535 g/mol. The van der Waals surface area contributed by atoms with Crippen LogP contribution in [-0.2, 0) is 14.7 Å². The zero-order valence-electron chi connectivity index (χ0n) is 19.6. The van der Waals surface area contributed by atoms with Gasteiger partial charge in [0.05, 0.1) is 47.7 Å². The van der Waals surface area contributed by atoms with Crippen LogP contribution < -0.4 is 19.1 Å². The molecule has 8 nitrogen and oxygen atoms in total. The molecule has 0 spiro atoms. The smallest absolute Gasteiger partial charge is 0.453 e. The van der Waals surface area contributed by atoms with Gasteiger partial charge < -0.3 is 24.2 Å². The van der Waals surface area contributed by atoms with Crippen LogP contribution in [0, 0.1) is 0 Å². The quantitative estimate of drug-likeness (QED) is 0.496. The molecule has 0 aliphatic carbocycles. The summed E-state index contributed by atoms with van der Waals surface area (Å²) in [6.45, 7) is 0.239. The van der Waals surface area contributed by atoms with Crippen molar-refractivity contribution in [2.24, 2.45) is 4.36 Å². The summed E-state index contributed by atoms with van der Waals surface area (Å²) in [5.41, 5.74) is 1.49. The predicted octanol–water partition coefficient (Wildman–Crippen LogP) is 4.62. The number of halogens is 3. The van der Waals surface area contributed by atoms with E-state index in [0.717, 1.165) is 23.5 Å². The highest BCUT2D eigenvalue weighted by atomic mass is 32.2. The van der Waals surface area contributed by atoms with Crippen LogP contribution in [0.1, 0.15) is 0 Å². The minimum Gasteiger partial charge on any atom is -0.453 e. The van der Waals surface area contributed by atoms with E-state index in [1.165, 1.54) is 19.2 Å². The lowest BCUT2D eigenvalue weighted by molar-refractivity contribution is -0.274. The molecule has 12 heteroatoms. The second-order valence-electron chi connectivity index (χ2n) is 8.45. The number of aliphatic hydroxyl groups is 1. The van der Waals surface area contributed by atoms with Crippen LogP contribution >= 0.6 is 0 Å². The number of benzene rings is 3. The van der Waals surface area contributed by atoms with E-state index < -0.39 is 40.2 Å². The van der Waals surface area contributed by atoms with Gasteiger partial charge in [-0.25, -0.2) is 13.3 Å². The van der Waals surface area contributed by atoms with Gasteiger partial charge in [-0.2, -0.15) is 0 Å². The first-order chi connectivity index (χ1) is 17.7. The van der Waals surface area contributed by atoms with Crippen LogP contribution in [0.3, 0.4) is 0 Å². The predicted molar refractivity (Wildman–Crippen MR) is 131 cm³/mol. The first-order valence-corrected chi connectivity index (χ1v) is 12.9. The number of nitrogens with one attached hydrogen (secondary N) is 1. The van der Waals surface area contributed by atoms with Crippen molar-refractivity contribution in [3.63, 3.8) is 0 Å². The number of para-hydroxylation sites is 4. The van der Waals surface area contributed by atoms with Gasteiger partial charge in [-0.1, -0.05) is 24.3 Å². The fourth-order valence-corrected chi connectivity index (χ4v) is 6.03. The van der Waals surface area contributed by atoms with Gasteiger partial charge in [0.2, 0.25) is 0 Å². The number of ether oxygens (including phenoxy) is 3. The van der Waals surface area contributed by atoms with Crippen LogP contribution in [0.25, 0.3) is 0 Å². The molecule has 0 radical (unpaired) electrons. The van der Waals surface area contributed by atoms with E-state index in [-0.39, 0.29) is 18.1 Å². The summed E-state index contributed by atoms with van der Waals surface area (Å²) in [5.74, 6) is 0.800. The van der Waals surface area contributed by atoms with Crippen LogP contribution in [-0.4, -0.2) is 54.1 Å². The molecular weight excluding hydrogens is 511 g/mol. The summed E-state index contributed by atoms with van der Waals surface area (Å²) in [7, 11) is -1.99. The van der Waals surface area contributed by atoms with E-state index >= 15 is 0 Å². The Kier molecular flexibility index (Phi) is 6.75. The number of aliphatic hydroxyl groups excluding tert-OH is 1. The number of rotatable bonds is 5. The van der Waals surface area contributed by atoms with E-state index in [1.807, 2.05) is 53.4 Å². The first-order valence-electron chi connectivity index (χ1n) is 11.4. The molecule has 2 N–H and O–H groups in total. The molecular formula is C25H24F3N3O5S. The highest BCUT2D eigenvalue weighted by molar-refractivity contribution is 7.91. The van der Waals surface area contributed by atoms with E-state index in [9.17, 15) is 22.5 Å². The van der Waals surface area contributed by atoms with Crippen molar-refractivity contribution >= 4 is 21.3 Å². The molecule has 196 valence electrons. The van der Waals surface area contributed by atoms with Gasteiger partial charge in [-0.3, -0.25) is 0 Å². The molecule has 5 rings (SSSR count). The van der Waals surface area contributed by atoms with E-state index in [2.05, 4.69) is 13.8 Å². The Morgan fingerprint density at radius 3 is 2.16 bits per heavy atom. The van der Waals surface area contributed by atoms with Crippen molar-refractivity contribution in [3.05, 3.63) is 72.8 Å². The third-order valence-corrected chi connectivity index (χ3v) is 8.19. The number of hydrogen-bond acceptors (Lipinski definition) is 7. The summed E-state index contributed by atoms with van der Waals surface area (Å²) >= 11 is 0. The van der Waals surface area contributed by atoms with E-state index in [4.69, 9.17) is 9.47 Å². The van der Waals surface area contributed by atoms with Crippen LogP contribution in [0.15, 0.2) is 82.1 Å². The van der Waals surface area contributed by atoms with Gasteiger partial charge >= 0.3 is 6.36 Å². The van der Waals surface area contributed by atoms with Gasteiger partial charge in [0.15, 0.2) is 11.5 Å². The maximum Gasteiger partial charge on any atom is 0.573 e. The molecule has 0 saturated carbocycles. The maximum atomic E-state index is 13.7. The summed E-state index contributed by atoms with van der Waals surface area (Å²) in [6.07, 6.45) is -5.89. The topological polar surface area (TPSA) is 92.6 Å². The Hall–Kier alpha value is -3.32. The minimum absolute atomic E-state index is 0.0487. The van der Waals surface area contributed by atoms with Crippen molar-refractivity contribution in [2.45, 2.75) is 29.4 Å². The molecule has 1 unspecified atom stereocenters. The van der Waals surface area contributed by atoms with Gasteiger partial charge in [0.25, 0.3) is 0 Å². The molecule has 2 aliphatic heterocycles. The molecule has 3 aromatic carbocycles. The first kappa shape index (κ1) is 25.3. The second-order valence-corrected chi connectivity index (χ2v) is 10.6. The van der Waals surface area contributed by atoms with Crippen molar-refractivity contribution in [2.75, 3.05) is 25.2 Å². The van der Waals surface area contributed by atoms with Crippen LogP contribution in [0.4, 0.5) is 24.5 Å². The second kappa shape index (κ2) is 9.86. The Morgan fingerprint density at radius 2 is 1.59 bits per heavy atom.